The van der Waals surface area contributed by atoms with Crippen LogP contribution in [0.4, 0.5) is 4.79 Å². The SMILES string of the molecule is COCC1OCCN(C(=O)O)CC1c1ccc(Cl)c(Cl)c1. The van der Waals surface area contributed by atoms with E-state index in [1.54, 1.807) is 19.2 Å². The number of nitrogens with zero attached hydrogens (tertiary/aromatic N) is 1. The molecule has 5 nitrogen and oxygen atoms in total. The van der Waals surface area contributed by atoms with E-state index in [0.29, 0.717) is 36.3 Å². The predicted molar refractivity (Wildman–Crippen MR) is 80.4 cm³/mol. The average Bonchev–Trinajstić information content (AvgIpc) is 2.65. The van der Waals surface area contributed by atoms with Crippen molar-refractivity contribution in [2.75, 3.05) is 33.4 Å². The lowest BCUT2D eigenvalue weighted by molar-refractivity contribution is -0.00454. The fraction of sp³-hybridized carbons (Fsp3) is 0.500. The first-order valence-corrected chi connectivity index (χ1v) is 7.32. The molecule has 1 saturated heterocycles. The summed E-state index contributed by atoms with van der Waals surface area (Å²) in [6, 6.07) is 5.31. The number of rotatable bonds is 3. The summed E-state index contributed by atoms with van der Waals surface area (Å²) in [6.45, 7) is 1.41. The van der Waals surface area contributed by atoms with Crippen LogP contribution in [0.2, 0.25) is 10.0 Å². The molecule has 0 aliphatic carbocycles. The monoisotopic (exact) mass is 333 g/mol. The van der Waals surface area contributed by atoms with Crippen molar-refractivity contribution in [3.05, 3.63) is 33.8 Å². The maximum absolute atomic E-state index is 11.3. The Hall–Kier alpha value is -1.01. The van der Waals surface area contributed by atoms with E-state index in [1.807, 2.05) is 6.07 Å². The Morgan fingerprint density at radius 1 is 1.48 bits per heavy atom. The van der Waals surface area contributed by atoms with Crippen LogP contribution in [0.25, 0.3) is 0 Å². The Morgan fingerprint density at radius 3 is 2.86 bits per heavy atom. The first-order valence-electron chi connectivity index (χ1n) is 6.56. The zero-order valence-corrected chi connectivity index (χ0v) is 13.1. The fourth-order valence-corrected chi connectivity index (χ4v) is 2.75. The van der Waals surface area contributed by atoms with Gasteiger partial charge >= 0.3 is 6.09 Å². The Kier molecular flexibility index (Phi) is 5.70. The summed E-state index contributed by atoms with van der Waals surface area (Å²) in [7, 11) is 1.59. The second-order valence-electron chi connectivity index (χ2n) is 4.87. The first-order chi connectivity index (χ1) is 10.0. The summed E-state index contributed by atoms with van der Waals surface area (Å²) in [5, 5.41) is 10.1. The van der Waals surface area contributed by atoms with Gasteiger partial charge in [0.1, 0.15) is 0 Å². The van der Waals surface area contributed by atoms with Crippen molar-refractivity contribution in [1.29, 1.82) is 0 Å². The summed E-state index contributed by atoms with van der Waals surface area (Å²) in [6.07, 6.45) is -1.18. The molecule has 2 unspecified atom stereocenters. The number of amides is 1. The van der Waals surface area contributed by atoms with Gasteiger partial charge in [-0.1, -0.05) is 29.3 Å². The summed E-state index contributed by atoms with van der Waals surface area (Å²) >= 11 is 12.0. The van der Waals surface area contributed by atoms with Crippen LogP contribution in [0, 0.1) is 0 Å². The molecular formula is C14H17Cl2NO4. The number of hydrogen-bond donors (Lipinski definition) is 1. The molecule has 21 heavy (non-hydrogen) atoms. The molecule has 1 N–H and O–H groups in total. The van der Waals surface area contributed by atoms with Crippen molar-refractivity contribution in [3.63, 3.8) is 0 Å². The molecule has 0 saturated carbocycles. The van der Waals surface area contributed by atoms with E-state index in [2.05, 4.69) is 0 Å². The maximum atomic E-state index is 11.3. The zero-order valence-electron chi connectivity index (χ0n) is 11.6. The third kappa shape index (κ3) is 4.01. The fourth-order valence-electron chi connectivity index (χ4n) is 2.44. The molecule has 1 heterocycles. The average molecular weight is 334 g/mol. The third-order valence-corrected chi connectivity index (χ3v) is 4.27. The zero-order chi connectivity index (χ0) is 15.4. The van der Waals surface area contributed by atoms with Crippen LogP contribution in [0.3, 0.4) is 0 Å². The van der Waals surface area contributed by atoms with Crippen molar-refractivity contribution in [1.82, 2.24) is 4.90 Å². The van der Waals surface area contributed by atoms with Crippen LogP contribution < -0.4 is 0 Å². The van der Waals surface area contributed by atoms with Gasteiger partial charge in [0.15, 0.2) is 0 Å². The highest BCUT2D eigenvalue weighted by Gasteiger charge is 2.31. The Morgan fingerprint density at radius 2 is 2.24 bits per heavy atom. The highest BCUT2D eigenvalue weighted by Crippen LogP contribution is 2.31. The number of halogens is 2. The van der Waals surface area contributed by atoms with Crippen molar-refractivity contribution in [2.45, 2.75) is 12.0 Å². The number of ether oxygens (including phenoxy) is 2. The standard InChI is InChI=1S/C14H17Cl2NO4/c1-20-8-13-10(7-17(14(18)19)4-5-21-13)9-2-3-11(15)12(16)6-9/h2-3,6,10,13H,4-5,7-8H2,1H3,(H,18,19). The highest BCUT2D eigenvalue weighted by molar-refractivity contribution is 6.42. The Bertz CT molecular complexity index is 512. The Labute approximate surface area is 133 Å². The summed E-state index contributed by atoms with van der Waals surface area (Å²) in [5.74, 6) is -0.154. The summed E-state index contributed by atoms with van der Waals surface area (Å²) in [5.41, 5.74) is 0.889. The molecule has 2 rings (SSSR count). The molecule has 1 aliphatic heterocycles. The molecule has 7 heteroatoms. The quantitative estimate of drug-likeness (QED) is 0.923. The second-order valence-corrected chi connectivity index (χ2v) is 5.69. The van der Waals surface area contributed by atoms with Gasteiger partial charge in [-0.05, 0) is 17.7 Å². The lowest BCUT2D eigenvalue weighted by Gasteiger charge is -2.26. The molecule has 116 valence electrons. The van der Waals surface area contributed by atoms with Gasteiger partial charge < -0.3 is 19.5 Å². The number of hydrogen-bond acceptors (Lipinski definition) is 3. The van der Waals surface area contributed by atoms with Crippen molar-refractivity contribution in [3.8, 4) is 0 Å². The van der Waals surface area contributed by atoms with Gasteiger partial charge in [-0.15, -0.1) is 0 Å². The number of carbonyl (C=O) groups is 1. The summed E-state index contributed by atoms with van der Waals surface area (Å²) < 4.78 is 10.9. The molecule has 1 aliphatic rings. The van der Waals surface area contributed by atoms with E-state index in [1.165, 1.54) is 4.90 Å². The number of methoxy groups -OCH3 is 1. The molecule has 0 aromatic heterocycles. The van der Waals surface area contributed by atoms with Gasteiger partial charge in [0, 0.05) is 26.1 Å². The van der Waals surface area contributed by atoms with Crippen LogP contribution in [0.5, 0.6) is 0 Å². The molecule has 1 fully saturated rings. The van der Waals surface area contributed by atoms with Gasteiger partial charge in [-0.3, -0.25) is 0 Å². The van der Waals surface area contributed by atoms with E-state index in [-0.39, 0.29) is 12.0 Å². The van der Waals surface area contributed by atoms with Crippen LogP contribution in [0.15, 0.2) is 18.2 Å². The van der Waals surface area contributed by atoms with Gasteiger partial charge in [0.05, 0.1) is 29.4 Å². The molecule has 2 atom stereocenters. The largest absolute Gasteiger partial charge is 0.465 e. The summed E-state index contributed by atoms with van der Waals surface area (Å²) in [4.78, 5) is 12.6. The molecule has 0 radical (unpaired) electrons. The van der Waals surface area contributed by atoms with Crippen LogP contribution in [0.1, 0.15) is 11.5 Å². The molecule has 1 aromatic carbocycles. The lowest BCUT2D eigenvalue weighted by Crippen LogP contribution is -2.36. The highest BCUT2D eigenvalue weighted by atomic mass is 35.5. The smallest absolute Gasteiger partial charge is 0.407 e. The van der Waals surface area contributed by atoms with Crippen LogP contribution in [-0.2, 0) is 9.47 Å². The van der Waals surface area contributed by atoms with E-state index in [9.17, 15) is 9.90 Å². The van der Waals surface area contributed by atoms with Crippen LogP contribution in [-0.4, -0.2) is 55.6 Å². The van der Waals surface area contributed by atoms with Crippen LogP contribution >= 0.6 is 23.2 Å². The minimum atomic E-state index is -0.957. The van der Waals surface area contributed by atoms with Gasteiger partial charge in [0.2, 0.25) is 0 Å². The molecule has 0 bridgehead atoms. The minimum Gasteiger partial charge on any atom is -0.465 e. The first kappa shape index (κ1) is 16.4. The Balaban J connectivity index is 2.31. The normalized spacial score (nSPS) is 22.9. The van der Waals surface area contributed by atoms with E-state index in [0.717, 1.165) is 5.56 Å². The molecule has 0 spiro atoms. The minimum absolute atomic E-state index is 0.154. The maximum Gasteiger partial charge on any atom is 0.407 e. The number of carboxylic acid groups (broad SMARTS) is 1. The molecule has 1 aromatic rings. The van der Waals surface area contributed by atoms with Crippen molar-refractivity contribution >= 4 is 29.3 Å². The van der Waals surface area contributed by atoms with Crippen molar-refractivity contribution < 1.29 is 19.4 Å². The number of benzene rings is 1. The van der Waals surface area contributed by atoms with Gasteiger partial charge in [0.25, 0.3) is 0 Å². The van der Waals surface area contributed by atoms with E-state index in [4.69, 9.17) is 32.7 Å². The van der Waals surface area contributed by atoms with Crippen molar-refractivity contribution in [2.24, 2.45) is 0 Å². The predicted octanol–water partition coefficient (Wildman–Crippen LogP) is 3.10. The molecule has 1 amide bonds. The topological polar surface area (TPSA) is 59.0 Å². The van der Waals surface area contributed by atoms with E-state index < -0.39 is 6.09 Å². The lowest BCUT2D eigenvalue weighted by atomic mass is 9.93. The van der Waals surface area contributed by atoms with E-state index >= 15 is 0 Å². The van der Waals surface area contributed by atoms with Gasteiger partial charge in [-0.25, -0.2) is 4.79 Å². The van der Waals surface area contributed by atoms with Gasteiger partial charge in [-0.2, -0.15) is 0 Å². The third-order valence-electron chi connectivity index (χ3n) is 3.53. The molecular weight excluding hydrogens is 317 g/mol. The second kappa shape index (κ2) is 7.31.